The molecule has 150 valence electrons. The van der Waals surface area contributed by atoms with Crippen molar-refractivity contribution in [2.45, 2.75) is 11.4 Å². The van der Waals surface area contributed by atoms with Gasteiger partial charge in [-0.3, -0.25) is 19.5 Å². The van der Waals surface area contributed by atoms with Crippen molar-refractivity contribution in [1.82, 2.24) is 20.2 Å². The molecule has 29 heavy (non-hydrogen) atoms. The Hall–Kier alpha value is -2.97. The Morgan fingerprint density at radius 2 is 2.17 bits per heavy atom. The van der Waals surface area contributed by atoms with E-state index < -0.39 is 29.2 Å². The van der Waals surface area contributed by atoms with E-state index in [1.54, 1.807) is 11.7 Å². The molecule has 2 amide bonds. The zero-order valence-corrected chi connectivity index (χ0v) is 16.8. The number of nitrogens with zero attached hydrogens (tertiary/aromatic N) is 4. The van der Waals surface area contributed by atoms with Crippen molar-refractivity contribution < 1.29 is 24.7 Å². The van der Waals surface area contributed by atoms with Gasteiger partial charge in [0.05, 0.1) is 10.4 Å². The normalized spacial score (nSPS) is 21.6. The number of oxime groups is 1. The smallest absolute Gasteiger partial charge is 0.353 e. The number of aliphatic carboxylic acids is 1. The van der Waals surface area contributed by atoms with E-state index in [1.165, 1.54) is 28.5 Å². The van der Waals surface area contributed by atoms with Crippen molar-refractivity contribution in [1.29, 1.82) is 0 Å². The van der Waals surface area contributed by atoms with Gasteiger partial charge in [-0.25, -0.2) is 9.78 Å². The van der Waals surface area contributed by atoms with E-state index in [9.17, 15) is 24.7 Å². The minimum Gasteiger partial charge on any atom is -0.477 e. The number of thiazole rings is 2. The number of thioether (sulfide) groups is 1. The van der Waals surface area contributed by atoms with E-state index >= 15 is 0 Å². The van der Waals surface area contributed by atoms with Crippen LogP contribution in [-0.4, -0.2) is 65.8 Å². The molecule has 0 radical (unpaired) electrons. The average Bonchev–Trinajstić information content (AvgIpc) is 3.37. The standard InChI is InChI=1S/C15H12N6O5S3/c16-15-18-6(3-28-15)8(20-26)11(22)19-9-12(23)21-10(14(24)25)5(2-27-13(9)21)7-1-17-4-29-7/h1,3-4,9,13,26H,2H2,(H2,16,18)(H,19,22)(H,24,25)/b20-8+/t9-,13-/m1/s1. The molecule has 2 aliphatic rings. The van der Waals surface area contributed by atoms with Crippen LogP contribution in [-0.2, 0) is 14.4 Å². The van der Waals surface area contributed by atoms with Crippen LogP contribution < -0.4 is 11.1 Å². The Labute approximate surface area is 174 Å². The van der Waals surface area contributed by atoms with E-state index in [0.29, 0.717) is 16.2 Å². The van der Waals surface area contributed by atoms with Gasteiger partial charge in [-0.05, 0) is 0 Å². The topological polar surface area (TPSA) is 171 Å². The predicted molar refractivity (Wildman–Crippen MR) is 107 cm³/mol. The molecule has 2 atom stereocenters. The number of rotatable bonds is 5. The minimum absolute atomic E-state index is 0.0750. The van der Waals surface area contributed by atoms with Crippen molar-refractivity contribution in [3.8, 4) is 0 Å². The number of amides is 2. The van der Waals surface area contributed by atoms with Gasteiger partial charge < -0.3 is 21.4 Å². The van der Waals surface area contributed by atoms with Crippen molar-refractivity contribution in [2.24, 2.45) is 5.16 Å². The highest BCUT2D eigenvalue weighted by Crippen LogP contribution is 2.43. The number of fused-ring (bicyclic) bond motifs is 1. The third-order valence-electron chi connectivity index (χ3n) is 4.27. The number of hydrogen-bond donors (Lipinski definition) is 4. The highest BCUT2D eigenvalue weighted by molar-refractivity contribution is 8.00. The fourth-order valence-corrected chi connectivity index (χ4v) is 5.66. The molecule has 2 aromatic heterocycles. The van der Waals surface area contributed by atoms with Gasteiger partial charge >= 0.3 is 5.97 Å². The highest BCUT2D eigenvalue weighted by Gasteiger charge is 2.54. The summed E-state index contributed by atoms with van der Waals surface area (Å²) in [5.41, 5.74) is 7.20. The first-order valence-electron chi connectivity index (χ1n) is 7.96. The molecular weight excluding hydrogens is 440 g/mol. The number of aromatic nitrogens is 2. The summed E-state index contributed by atoms with van der Waals surface area (Å²) in [5, 5.41) is 25.3. The number of nitrogens with one attached hydrogen (secondary N) is 1. The van der Waals surface area contributed by atoms with Gasteiger partial charge in [-0.15, -0.1) is 34.4 Å². The number of hydrogen-bond acceptors (Lipinski definition) is 11. The first-order chi connectivity index (χ1) is 13.9. The average molecular weight is 452 g/mol. The van der Waals surface area contributed by atoms with E-state index in [4.69, 9.17) is 5.73 Å². The Morgan fingerprint density at radius 1 is 1.38 bits per heavy atom. The van der Waals surface area contributed by atoms with E-state index in [1.807, 2.05) is 0 Å². The molecule has 14 heteroatoms. The largest absolute Gasteiger partial charge is 0.477 e. The maximum Gasteiger partial charge on any atom is 0.353 e. The van der Waals surface area contributed by atoms with Crippen molar-refractivity contribution >= 4 is 68.6 Å². The number of β-lactam (4-membered cyclic amide) rings is 1. The molecule has 0 aliphatic carbocycles. The zero-order valence-electron chi connectivity index (χ0n) is 14.3. The van der Waals surface area contributed by atoms with Gasteiger partial charge in [0.25, 0.3) is 11.8 Å². The lowest BCUT2D eigenvalue weighted by Crippen LogP contribution is -2.71. The van der Waals surface area contributed by atoms with Crippen LogP contribution in [0.5, 0.6) is 0 Å². The monoisotopic (exact) mass is 452 g/mol. The van der Waals surface area contributed by atoms with Crippen LogP contribution >= 0.6 is 34.4 Å². The molecule has 0 aromatic carbocycles. The predicted octanol–water partition coefficient (Wildman–Crippen LogP) is 0.256. The van der Waals surface area contributed by atoms with E-state index in [0.717, 1.165) is 16.2 Å². The summed E-state index contributed by atoms with van der Waals surface area (Å²) in [6.07, 6.45) is 1.55. The van der Waals surface area contributed by atoms with E-state index in [2.05, 4.69) is 20.4 Å². The van der Waals surface area contributed by atoms with Crippen LogP contribution in [0.4, 0.5) is 5.13 Å². The second-order valence-electron chi connectivity index (χ2n) is 5.88. The molecule has 11 nitrogen and oxygen atoms in total. The van der Waals surface area contributed by atoms with Crippen molar-refractivity contribution in [3.05, 3.63) is 33.4 Å². The molecule has 0 saturated carbocycles. The summed E-state index contributed by atoms with van der Waals surface area (Å²) in [6.45, 7) is 0. The van der Waals surface area contributed by atoms with Crippen LogP contribution in [0.25, 0.3) is 5.57 Å². The van der Waals surface area contributed by atoms with Crippen LogP contribution in [0.1, 0.15) is 10.6 Å². The third kappa shape index (κ3) is 3.24. The van der Waals surface area contributed by atoms with Crippen LogP contribution in [0.3, 0.4) is 0 Å². The number of carboxylic acid groups (broad SMARTS) is 1. The highest BCUT2D eigenvalue weighted by atomic mass is 32.2. The van der Waals surface area contributed by atoms with Gasteiger partial charge in [-0.1, -0.05) is 5.16 Å². The number of nitrogen functional groups attached to an aromatic ring is 1. The fourth-order valence-electron chi connectivity index (χ4n) is 2.99. The quantitative estimate of drug-likeness (QED) is 0.215. The molecule has 0 bridgehead atoms. The first-order valence-corrected chi connectivity index (χ1v) is 10.8. The third-order valence-corrected chi connectivity index (χ3v) is 7.05. The molecule has 2 aromatic rings. The summed E-state index contributed by atoms with van der Waals surface area (Å²) in [4.78, 5) is 46.6. The lowest BCUT2D eigenvalue weighted by Gasteiger charge is -2.49. The zero-order chi connectivity index (χ0) is 20.7. The Morgan fingerprint density at radius 3 is 2.76 bits per heavy atom. The van der Waals surface area contributed by atoms with Crippen LogP contribution in [0.2, 0.25) is 0 Å². The second-order valence-corrected chi connectivity index (χ2v) is 8.76. The Bertz CT molecular complexity index is 1060. The molecule has 1 saturated heterocycles. The van der Waals surface area contributed by atoms with Crippen molar-refractivity contribution in [2.75, 3.05) is 11.5 Å². The summed E-state index contributed by atoms with van der Waals surface area (Å²) in [5.74, 6) is -2.27. The minimum atomic E-state index is -1.23. The number of carbonyl (C=O) groups excluding carboxylic acids is 2. The Balaban J connectivity index is 1.56. The lowest BCUT2D eigenvalue weighted by molar-refractivity contribution is -0.149. The maximum atomic E-state index is 12.7. The summed E-state index contributed by atoms with van der Waals surface area (Å²) in [6, 6.07) is -0.961. The number of carbonyl (C=O) groups is 3. The first kappa shape index (κ1) is 19.4. The molecule has 4 rings (SSSR count). The van der Waals surface area contributed by atoms with Gasteiger partial charge in [-0.2, -0.15) is 0 Å². The summed E-state index contributed by atoms with van der Waals surface area (Å²) >= 11 is 3.67. The molecule has 0 unspecified atom stereocenters. The number of anilines is 1. The number of carboxylic acids is 1. The molecule has 1 fully saturated rings. The lowest BCUT2D eigenvalue weighted by atomic mass is 10.0. The van der Waals surface area contributed by atoms with Gasteiger partial charge in [0.2, 0.25) is 0 Å². The van der Waals surface area contributed by atoms with Crippen LogP contribution in [0.15, 0.2) is 27.9 Å². The fraction of sp³-hybridized carbons (Fsp3) is 0.200. The Kier molecular flexibility index (Phi) is 4.97. The second kappa shape index (κ2) is 7.46. The molecular formula is C15H12N6O5S3. The molecule has 0 spiro atoms. The molecule has 4 heterocycles. The van der Waals surface area contributed by atoms with Crippen LogP contribution in [0, 0.1) is 0 Å². The van der Waals surface area contributed by atoms with Gasteiger partial charge in [0, 0.05) is 22.9 Å². The SMILES string of the molecule is Nc1nc(/C(=N\O)C(=O)N[C@@H]2C(=O)N3C(C(=O)O)=C(c4cncs4)CS[C@H]23)cs1. The van der Waals surface area contributed by atoms with E-state index in [-0.39, 0.29) is 22.2 Å². The van der Waals surface area contributed by atoms with Crippen molar-refractivity contribution in [3.63, 3.8) is 0 Å². The molecule has 2 aliphatic heterocycles. The maximum absolute atomic E-state index is 12.7. The number of nitrogens with two attached hydrogens (primary N) is 1. The van der Waals surface area contributed by atoms with Gasteiger partial charge in [0.1, 0.15) is 22.8 Å². The summed E-state index contributed by atoms with van der Waals surface area (Å²) in [7, 11) is 0. The van der Waals surface area contributed by atoms with Gasteiger partial charge in [0.15, 0.2) is 10.8 Å². The summed E-state index contributed by atoms with van der Waals surface area (Å²) < 4.78 is 0. The molecule has 5 N–H and O–H groups in total.